The molecule has 0 aliphatic carbocycles. The Bertz CT molecular complexity index is 303. The number of hydrogen-bond acceptors (Lipinski definition) is 2. The van der Waals surface area contributed by atoms with Crippen LogP contribution in [0.1, 0.15) is 37.6 Å². The van der Waals surface area contributed by atoms with Crippen molar-refractivity contribution in [3.63, 3.8) is 0 Å². The first-order chi connectivity index (χ1) is 7.88. The molecule has 1 aromatic rings. The van der Waals surface area contributed by atoms with E-state index in [2.05, 4.69) is 29.4 Å². The van der Waals surface area contributed by atoms with E-state index in [4.69, 9.17) is 4.74 Å². The maximum atomic E-state index is 5.56. The molecule has 3 nitrogen and oxygen atoms in total. The molecule has 16 heavy (non-hydrogen) atoms. The van der Waals surface area contributed by atoms with Crippen molar-refractivity contribution in [2.75, 3.05) is 13.2 Å². The Balaban J connectivity index is 1.67. The molecule has 0 spiro atoms. The summed E-state index contributed by atoms with van der Waals surface area (Å²) in [6, 6.07) is 4.36. The molecule has 0 aromatic carbocycles. The van der Waals surface area contributed by atoms with Gasteiger partial charge in [0.25, 0.3) is 0 Å². The molecule has 2 rings (SSSR count). The van der Waals surface area contributed by atoms with Gasteiger partial charge in [-0.15, -0.1) is 0 Å². The molecule has 1 aliphatic rings. The number of hydrogen-bond donors (Lipinski definition) is 2. The van der Waals surface area contributed by atoms with Crippen molar-refractivity contribution < 1.29 is 4.74 Å². The summed E-state index contributed by atoms with van der Waals surface area (Å²) in [7, 11) is 0. The van der Waals surface area contributed by atoms with Gasteiger partial charge in [0.05, 0.1) is 6.10 Å². The van der Waals surface area contributed by atoms with Gasteiger partial charge in [0.1, 0.15) is 0 Å². The number of H-pyrrole nitrogens is 1. The number of rotatable bonds is 6. The van der Waals surface area contributed by atoms with Crippen molar-refractivity contribution in [2.45, 2.75) is 45.3 Å². The molecule has 0 unspecified atom stereocenters. The van der Waals surface area contributed by atoms with Gasteiger partial charge in [-0.1, -0.05) is 13.3 Å². The largest absolute Gasteiger partial charge is 0.377 e. The molecule has 0 radical (unpaired) electrons. The summed E-state index contributed by atoms with van der Waals surface area (Å²) in [4.78, 5) is 3.44. The Hall–Kier alpha value is -0.800. The van der Waals surface area contributed by atoms with Crippen LogP contribution in [0.25, 0.3) is 0 Å². The highest BCUT2D eigenvalue weighted by molar-refractivity contribution is 5.13. The topological polar surface area (TPSA) is 37.0 Å². The molecule has 3 heteroatoms. The van der Waals surface area contributed by atoms with Crippen LogP contribution in [0.15, 0.2) is 12.1 Å². The van der Waals surface area contributed by atoms with Crippen LogP contribution in [-0.2, 0) is 17.7 Å². The van der Waals surface area contributed by atoms with Gasteiger partial charge in [-0.05, 0) is 31.4 Å². The van der Waals surface area contributed by atoms with Gasteiger partial charge in [-0.3, -0.25) is 0 Å². The minimum Gasteiger partial charge on any atom is -0.377 e. The summed E-state index contributed by atoms with van der Waals surface area (Å²) in [6.07, 6.45) is 5.20. The van der Waals surface area contributed by atoms with Gasteiger partial charge >= 0.3 is 0 Å². The van der Waals surface area contributed by atoms with Crippen LogP contribution >= 0.6 is 0 Å². The molecule has 2 heterocycles. The standard InChI is InChI=1S/C13H22N2O/c1-2-4-11-6-7-12(15-11)9-14-10-13-5-3-8-16-13/h6-7,13-15H,2-5,8-10H2,1H3/t13-/m1/s1. The molecule has 1 aromatic heterocycles. The lowest BCUT2D eigenvalue weighted by Gasteiger charge is -2.09. The molecule has 90 valence electrons. The average molecular weight is 222 g/mol. The van der Waals surface area contributed by atoms with Crippen molar-refractivity contribution in [3.05, 3.63) is 23.5 Å². The number of aromatic amines is 1. The number of ether oxygens (including phenoxy) is 1. The zero-order chi connectivity index (χ0) is 11.2. The van der Waals surface area contributed by atoms with Crippen LogP contribution in [0.5, 0.6) is 0 Å². The zero-order valence-corrected chi connectivity index (χ0v) is 10.1. The Kier molecular flexibility index (Phi) is 4.43. The van der Waals surface area contributed by atoms with E-state index in [-0.39, 0.29) is 0 Å². The summed E-state index contributed by atoms with van der Waals surface area (Å²) in [5.74, 6) is 0. The molecular weight excluding hydrogens is 200 g/mol. The van der Waals surface area contributed by atoms with Gasteiger partial charge in [0, 0.05) is 31.1 Å². The predicted octanol–water partition coefficient (Wildman–Crippen LogP) is 2.24. The van der Waals surface area contributed by atoms with Crippen LogP contribution in [-0.4, -0.2) is 24.2 Å². The first-order valence-electron chi connectivity index (χ1n) is 6.37. The summed E-state index contributed by atoms with van der Waals surface area (Å²) >= 11 is 0. The quantitative estimate of drug-likeness (QED) is 0.774. The monoisotopic (exact) mass is 222 g/mol. The van der Waals surface area contributed by atoms with Gasteiger partial charge in [-0.25, -0.2) is 0 Å². The Morgan fingerprint density at radius 3 is 3.06 bits per heavy atom. The lowest BCUT2D eigenvalue weighted by Crippen LogP contribution is -2.25. The van der Waals surface area contributed by atoms with E-state index in [1.807, 2.05) is 0 Å². The Morgan fingerprint density at radius 2 is 2.31 bits per heavy atom. The normalized spacial score (nSPS) is 20.4. The SMILES string of the molecule is CCCc1ccc(CNC[C@H]2CCCO2)[nH]1. The van der Waals surface area contributed by atoms with Crippen molar-refractivity contribution in [1.29, 1.82) is 0 Å². The molecule has 1 atom stereocenters. The van der Waals surface area contributed by atoms with Crippen LogP contribution in [0.4, 0.5) is 0 Å². The van der Waals surface area contributed by atoms with E-state index >= 15 is 0 Å². The van der Waals surface area contributed by atoms with E-state index in [0.717, 1.165) is 26.1 Å². The molecule has 2 N–H and O–H groups in total. The van der Waals surface area contributed by atoms with Crippen LogP contribution in [0, 0.1) is 0 Å². The van der Waals surface area contributed by atoms with Crippen LogP contribution < -0.4 is 5.32 Å². The van der Waals surface area contributed by atoms with E-state index in [0.29, 0.717) is 6.10 Å². The van der Waals surface area contributed by atoms with Gasteiger partial charge in [0.15, 0.2) is 0 Å². The van der Waals surface area contributed by atoms with E-state index < -0.39 is 0 Å². The summed E-state index contributed by atoms with van der Waals surface area (Å²) in [6.45, 7) is 5.04. The number of aromatic nitrogens is 1. The van der Waals surface area contributed by atoms with Crippen molar-refractivity contribution >= 4 is 0 Å². The third kappa shape index (κ3) is 3.35. The smallest absolute Gasteiger partial charge is 0.0700 e. The van der Waals surface area contributed by atoms with Crippen molar-refractivity contribution in [2.24, 2.45) is 0 Å². The fourth-order valence-electron chi connectivity index (χ4n) is 2.18. The molecule has 0 bridgehead atoms. The fourth-order valence-corrected chi connectivity index (χ4v) is 2.18. The number of aryl methyl sites for hydroxylation is 1. The van der Waals surface area contributed by atoms with E-state index in [1.165, 1.54) is 30.7 Å². The maximum Gasteiger partial charge on any atom is 0.0700 e. The predicted molar refractivity (Wildman–Crippen MR) is 65.5 cm³/mol. The fraction of sp³-hybridized carbons (Fsp3) is 0.692. The second-order valence-corrected chi connectivity index (χ2v) is 4.52. The van der Waals surface area contributed by atoms with Crippen LogP contribution in [0.2, 0.25) is 0 Å². The first kappa shape index (κ1) is 11.7. The molecule has 0 saturated carbocycles. The Morgan fingerprint density at radius 1 is 1.44 bits per heavy atom. The molecule has 1 aliphatic heterocycles. The Labute approximate surface area is 97.6 Å². The highest BCUT2D eigenvalue weighted by atomic mass is 16.5. The highest BCUT2D eigenvalue weighted by Crippen LogP contribution is 2.11. The highest BCUT2D eigenvalue weighted by Gasteiger charge is 2.14. The summed E-state index contributed by atoms with van der Waals surface area (Å²) in [5, 5.41) is 3.44. The van der Waals surface area contributed by atoms with Gasteiger partial charge in [-0.2, -0.15) is 0 Å². The van der Waals surface area contributed by atoms with Crippen LogP contribution in [0.3, 0.4) is 0 Å². The van der Waals surface area contributed by atoms with Gasteiger partial charge < -0.3 is 15.0 Å². The molecule has 0 amide bonds. The summed E-state index contributed by atoms with van der Waals surface area (Å²) in [5.41, 5.74) is 2.62. The second-order valence-electron chi connectivity index (χ2n) is 4.52. The third-order valence-corrected chi connectivity index (χ3v) is 3.04. The second kappa shape index (κ2) is 6.06. The molecule has 1 fully saturated rings. The van der Waals surface area contributed by atoms with Crippen molar-refractivity contribution in [3.8, 4) is 0 Å². The average Bonchev–Trinajstić information content (AvgIpc) is 2.90. The maximum absolute atomic E-state index is 5.56. The zero-order valence-electron chi connectivity index (χ0n) is 10.1. The minimum absolute atomic E-state index is 0.435. The van der Waals surface area contributed by atoms with Crippen molar-refractivity contribution in [1.82, 2.24) is 10.3 Å². The minimum atomic E-state index is 0.435. The third-order valence-electron chi connectivity index (χ3n) is 3.04. The van der Waals surface area contributed by atoms with E-state index in [1.54, 1.807) is 0 Å². The lowest BCUT2D eigenvalue weighted by molar-refractivity contribution is 0.110. The molecular formula is C13H22N2O. The summed E-state index contributed by atoms with van der Waals surface area (Å²) < 4.78 is 5.56. The lowest BCUT2D eigenvalue weighted by atomic mass is 10.2. The first-order valence-corrected chi connectivity index (χ1v) is 6.37. The van der Waals surface area contributed by atoms with Gasteiger partial charge in [0.2, 0.25) is 0 Å². The number of nitrogens with one attached hydrogen (secondary N) is 2. The molecule has 1 saturated heterocycles. The van der Waals surface area contributed by atoms with E-state index in [9.17, 15) is 0 Å².